The molecular weight excluding hydrogens is 448 g/mol. The number of anilines is 1. The highest BCUT2D eigenvalue weighted by Gasteiger charge is 2.30. The normalized spacial score (nSPS) is 19.3. The molecule has 5 rings (SSSR count). The number of benzene rings is 2. The number of imidazole rings is 1. The quantitative estimate of drug-likeness (QED) is 0.543. The molecule has 2 aliphatic heterocycles. The van der Waals surface area contributed by atoms with Crippen LogP contribution >= 0.6 is 11.6 Å². The van der Waals surface area contributed by atoms with Crippen molar-refractivity contribution in [2.75, 3.05) is 31.2 Å². The Morgan fingerprint density at radius 2 is 1.88 bits per heavy atom. The number of rotatable bonds is 5. The van der Waals surface area contributed by atoms with E-state index in [-0.39, 0.29) is 17.9 Å². The van der Waals surface area contributed by atoms with E-state index in [1.807, 2.05) is 13.0 Å². The Morgan fingerprint density at radius 1 is 1.15 bits per heavy atom. The minimum absolute atomic E-state index is 0.0386. The van der Waals surface area contributed by atoms with E-state index in [1.54, 1.807) is 0 Å². The molecule has 0 saturated carbocycles. The summed E-state index contributed by atoms with van der Waals surface area (Å²) in [5.74, 6) is 1.59. The average molecular weight is 481 g/mol. The van der Waals surface area contributed by atoms with Gasteiger partial charge in [-0.05, 0) is 67.5 Å². The molecule has 1 unspecified atom stereocenters. The predicted molar refractivity (Wildman–Crippen MR) is 137 cm³/mol. The maximum Gasteiger partial charge on any atom is 0.223 e. The van der Waals surface area contributed by atoms with Gasteiger partial charge in [-0.2, -0.15) is 0 Å². The summed E-state index contributed by atoms with van der Waals surface area (Å²) in [6.07, 6.45) is 2.54. The summed E-state index contributed by atoms with van der Waals surface area (Å²) in [4.78, 5) is 20.1. The molecule has 1 aromatic heterocycles. The molecule has 0 aliphatic carbocycles. The van der Waals surface area contributed by atoms with Gasteiger partial charge in [-0.15, -0.1) is 0 Å². The minimum atomic E-state index is 0.0386. The van der Waals surface area contributed by atoms with Crippen molar-refractivity contribution in [3.8, 4) is 5.69 Å². The van der Waals surface area contributed by atoms with E-state index in [1.165, 1.54) is 5.56 Å². The first-order valence-electron chi connectivity index (χ1n) is 12.3. The maximum atomic E-state index is 12.8. The van der Waals surface area contributed by atoms with Gasteiger partial charge in [-0.25, -0.2) is 4.98 Å². The van der Waals surface area contributed by atoms with Crippen LogP contribution in [-0.4, -0.2) is 47.8 Å². The lowest BCUT2D eigenvalue weighted by Gasteiger charge is -2.32. The fraction of sp³-hybridized carbons (Fsp3) is 0.481. The molecule has 6 nitrogen and oxygen atoms in total. The number of nitrogens with zero attached hydrogens (tertiary/aromatic N) is 3. The maximum absolute atomic E-state index is 12.8. The van der Waals surface area contributed by atoms with E-state index in [9.17, 15) is 4.79 Å². The Hall–Kier alpha value is -2.57. The number of carbonyl (C=O) groups excluding carboxylic acids is 1. The number of amides is 1. The first kappa shape index (κ1) is 23.2. The molecule has 2 aromatic carbocycles. The van der Waals surface area contributed by atoms with Crippen LogP contribution in [0, 0.1) is 12.8 Å². The molecule has 1 amide bonds. The van der Waals surface area contributed by atoms with E-state index in [4.69, 9.17) is 21.3 Å². The highest BCUT2D eigenvalue weighted by molar-refractivity contribution is 6.32. The number of hydrogen-bond donors (Lipinski definition) is 1. The highest BCUT2D eigenvalue weighted by atomic mass is 35.5. The first-order valence-corrected chi connectivity index (χ1v) is 12.7. The third-order valence-electron chi connectivity index (χ3n) is 7.16. The largest absolute Gasteiger partial charge is 0.379 e. The van der Waals surface area contributed by atoms with E-state index >= 15 is 0 Å². The first-order chi connectivity index (χ1) is 16.4. The summed E-state index contributed by atoms with van der Waals surface area (Å²) in [5.41, 5.74) is 5.34. The SMILES string of the molecule is Cc1cc2nc(N3CCC(C(=O)NC4CCOC4)CC3)n(-c3ccc(C(C)C)cc3)c2cc1Cl. The van der Waals surface area contributed by atoms with E-state index < -0.39 is 0 Å². The zero-order chi connectivity index (χ0) is 23.8. The zero-order valence-corrected chi connectivity index (χ0v) is 20.9. The van der Waals surface area contributed by atoms with Gasteiger partial charge in [0.25, 0.3) is 0 Å². The molecule has 34 heavy (non-hydrogen) atoms. The van der Waals surface area contributed by atoms with Crippen LogP contribution in [0.25, 0.3) is 16.7 Å². The number of hydrogen-bond acceptors (Lipinski definition) is 4. The summed E-state index contributed by atoms with van der Waals surface area (Å²) in [7, 11) is 0. The van der Waals surface area contributed by atoms with E-state index in [0.29, 0.717) is 12.5 Å². The summed E-state index contributed by atoms with van der Waals surface area (Å²) in [5, 5.41) is 3.91. The zero-order valence-electron chi connectivity index (χ0n) is 20.2. The second-order valence-corrected chi connectivity index (χ2v) is 10.3. The molecule has 1 atom stereocenters. The van der Waals surface area contributed by atoms with Crippen LogP contribution in [0.1, 0.15) is 50.2 Å². The number of nitrogens with one attached hydrogen (secondary N) is 1. The van der Waals surface area contributed by atoms with Crippen molar-refractivity contribution in [2.45, 2.75) is 52.0 Å². The van der Waals surface area contributed by atoms with Crippen LogP contribution in [0.4, 0.5) is 5.95 Å². The van der Waals surface area contributed by atoms with Crippen molar-refractivity contribution in [2.24, 2.45) is 5.92 Å². The third kappa shape index (κ3) is 4.53. The van der Waals surface area contributed by atoms with Crippen LogP contribution in [0.5, 0.6) is 0 Å². The molecule has 1 N–H and O–H groups in total. The lowest BCUT2D eigenvalue weighted by atomic mass is 9.95. The van der Waals surface area contributed by atoms with Crippen molar-refractivity contribution < 1.29 is 9.53 Å². The number of ether oxygens (including phenoxy) is 1. The van der Waals surface area contributed by atoms with Gasteiger partial charge in [0.05, 0.1) is 23.7 Å². The minimum Gasteiger partial charge on any atom is -0.379 e. The second-order valence-electron chi connectivity index (χ2n) is 9.91. The summed E-state index contributed by atoms with van der Waals surface area (Å²) in [6.45, 7) is 9.37. The molecule has 2 saturated heterocycles. The Labute approximate surface area is 206 Å². The van der Waals surface area contributed by atoms with Crippen LogP contribution < -0.4 is 10.2 Å². The molecular formula is C27H33ClN4O2. The topological polar surface area (TPSA) is 59.4 Å². The Bertz CT molecular complexity index is 1170. The molecule has 180 valence electrons. The number of fused-ring (bicyclic) bond motifs is 1. The van der Waals surface area contributed by atoms with Crippen LogP contribution in [-0.2, 0) is 9.53 Å². The predicted octanol–water partition coefficient (Wildman–Crippen LogP) is 5.23. The van der Waals surface area contributed by atoms with Crippen molar-refractivity contribution >= 4 is 34.5 Å². The van der Waals surface area contributed by atoms with Gasteiger partial charge >= 0.3 is 0 Å². The van der Waals surface area contributed by atoms with Gasteiger partial charge in [-0.3, -0.25) is 9.36 Å². The van der Waals surface area contributed by atoms with Gasteiger partial charge < -0.3 is 15.0 Å². The smallest absolute Gasteiger partial charge is 0.223 e. The van der Waals surface area contributed by atoms with E-state index in [2.05, 4.69) is 59.0 Å². The van der Waals surface area contributed by atoms with Crippen LogP contribution in [0.15, 0.2) is 36.4 Å². The molecule has 3 heterocycles. The van der Waals surface area contributed by atoms with Crippen molar-refractivity contribution in [3.05, 3.63) is 52.5 Å². The molecule has 3 aromatic rings. The lowest BCUT2D eigenvalue weighted by molar-refractivity contribution is -0.126. The lowest BCUT2D eigenvalue weighted by Crippen LogP contribution is -2.44. The fourth-order valence-electron chi connectivity index (χ4n) is 4.97. The number of piperidine rings is 1. The summed E-state index contributed by atoms with van der Waals surface area (Å²) in [6, 6.07) is 12.9. The summed E-state index contributed by atoms with van der Waals surface area (Å²) >= 11 is 6.52. The Morgan fingerprint density at radius 3 is 2.53 bits per heavy atom. The van der Waals surface area contributed by atoms with Crippen LogP contribution in [0.2, 0.25) is 5.02 Å². The third-order valence-corrected chi connectivity index (χ3v) is 7.57. The number of aryl methyl sites for hydroxylation is 1. The number of aromatic nitrogens is 2. The molecule has 0 radical (unpaired) electrons. The number of halogens is 1. The number of carbonyl (C=O) groups is 1. The van der Waals surface area contributed by atoms with Crippen molar-refractivity contribution in [1.29, 1.82) is 0 Å². The fourth-order valence-corrected chi connectivity index (χ4v) is 5.13. The van der Waals surface area contributed by atoms with Gasteiger partial charge in [0.1, 0.15) is 0 Å². The molecule has 0 spiro atoms. The van der Waals surface area contributed by atoms with Crippen molar-refractivity contribution in [1.82, 2.24) is 14.9 Å². The van der Waals surface area contributed by atoms with Crippen molar-refractivity contribution in [3.63, 3.8) is 0 Å². The molecule has 2 aliphatic rings. The van der Waals surface area contributed by atoms with E-state index in [0.717, 1.165) is 72.2 Å². The highest BCUT2D eigenvalue weighted by Crippen LogP contribution is 2.33. The second kappa shape index (κ2) is 9.59. The molecule has 7 heteroatoms. The standard InChI is InChI=1S/C27H33ClN4O2/c1-17(2)19-4-6-22(7-5-19)32-25-15-23(28)18(3)14-24(25)30-27(32)31-11-8-20(9-12-31)26(33)29-21-10-13-34-16-21/h4-7,14-15,17,20-21H,8-13,16H2,1-3H3,(H,29,33). The summed E-state index contributed by atoms with van der Waals surface area (Å²) < 4.78 is 7.61. The molecule has 0 bridgehead atoms. The van der Waals surface area contributed by atoms with Crippen LogP contribution in [0.3, 0.4) is 0 Å². The van der Waals surface area contributed by atoms with Gasteiger partial charge in [0.2, 0.25) is 11.9 Å². The van der Waals surface area contributed by atoms with Gasteiger partial charge in [0, 0.05) is 36.3 Å². The molecule has 2 fully saturated rings. The monoisotopic (exact) mass is 480 g/mol. The van der Waals surface area contributed by atoms with Gasteiger partial charge in [0.15, 0.2) is 0 Å². The Balaban J connectivity index is 1.42. The Kier molecular flexibility index (Phi) is 6.54. The average Bonchev–Trinajstić information content (AvgIpc) is 3.47. The van der Waals surface area contributed by atoms with Gasteiger partial charge in [-0.1, -0.05) is 37.6 Å².